The molecule has 0 radical (unpaired) electrons. The van der Waals surface area contributed by atoms with Crippen molar-refractivity contribution in [3.63, 3.8) is 0 Å². The van der Waals surface area contributed by atoms with Gasteiger partial charge in [0, 0.05) is 35.9 Å². The number of hydrogen-bond acceptors (Lipinski definition) is 5. The summed E-state index contributed by atoms with van der Waals surface area (Å²) in [5.74, 6) is 0.142. The lowest BCUT2D eigenvalue weighted by atomic mass is 10.00. The summed E-state index contributed by atoms with van der Waals surface area (Å²) < 4.78 is 32.7. The number of benzene rings is 3. The Morgan fingerprint density at radius 3 is 2.10 bits per heavy atom. The number of hydrogen-bond donors (Lipinski definition) is 1. The van der Waals surface area contributed by atoms with E-state index in [9.17, 15) is 18.0 Å². The summed E-state index contributed by atoms with van der Waals surface area (Å²) in [6.07, 6.45) is 1.82. The SMILES string of the molecule is COc1ccc(N(CCCC(=O)N(Cc2ccc(Br)cc2)[C@H](Cc2ccccc2)C(=O)NC(C)(C)C)S(C)(=O)=O)cc1. The zero-order valence-corrected chi connectivity index (χ0v) is 27.2. The Balaban J connectivity index is 1.88. The van der Waals surface area contributed by atoms with Crippen LogP contribution >= 0.6 is 15.9 Å². The van der Waals surface area contributed by atoms with Crippen LogP contribution in [0.1, 0.15) is 44.7 Å². The zero-order chi connectivity index (χ0) is 30.9. The predicted octanol–water partition coefficient (Wildman–Crippen LogP) is 5.56. The molecule has 0 heterocycles. The van der Waals surface area contributed by atoms with Crippen LogP contribution < -0.4 is 14.4 Å². The van der Waals surface area contributed by atoms with E-state index in [0.717, 1.165) is 21.9 Å². The van der Waals surface area contributed by atoms with Gasteiger partial charge in [0.2, 0.25) is 21.8 Å². The van der Waals surface area contributed by atoms with Gasteiger partial charge in [-0.2, -0.15) is 0 Å². The summed E-state index contributed by atoms with van der Waals surface area (Å²) >= 11 is 3.46. The highest BCUT2D eigenvalue weighted by Crippen LogP contribution is 2.23. The molecule has 3 rings (SSSR count). The molecule has 0 aromatic heterocycles. The van der Waals surface area contributed by atoms with E-state index in [4.69, 9.17) is 4.74 Å². The molecule has 0 aliphatic heterocycles. The maximum absolute atomic E-state index is 13.9. The molecule has 42 heavy (non-hydrogen) atoms. The van der Waals surface area contributed by atoms with Crippen molar-refractivity contribution in [1.82, 2.24) is 10.2 Å². The molecule has 3 aromatic carbocycles. The van der Waals surface area contributed by atoms with Crippen LogP contribution in [0.25, 0.3) is 0 Å². The van der Waals surface area contributed by atoms with Crippen molar-refractivity contribution in [2.24, 2.45) is 0 Å². The molecule has 226 valence electrons. The van der Waals surface area contributed by atoms with Crippen molar-refractivity contribution in [3.05, 3.63) is 94.5 Å². The number of nitrogens with one attached hydrogen (secondary N) is 1. The van der Waals surface area contributed by atoms with E-state index < -0.39 is 21.6 Å². The Morgan fingerprint density at radius 2 is 1.55 bits per heavy atom. The fourth-order valence-corrected chi connectivity index (χ4v) is 5.78. The minimum Gasteiger partial charge on any atom is -0.497 e. The lowest BCUT2D eigenvalue weighted by Crippen LogP contribution is -2.54. The highest BCUT2D eigenvalue weighted by molar-refractivity contribution is 9.10. The predicted molar refractivity (Wildman–Crippen MR) is 171 cm³/mol. The van der Waals surface area contributed by atoms with Crippen molar-refractivity contribution in [3.8, 4) is 5.75 Å². The second-order valence-electron chi connectivity index (χ2n) is 11.2. The summed E-state index contributed by atoms with van der Waals surface area (Å²) in [5, 5.41) is 3.06. The topological polar surface area (TPSA) is 96.0 Å². The Labute approximate surface area is 258 Å². The first-order chi connectivity index (χ1) is 19.8. The zero-order valence-electron chi connectivity index (χ0n) is 24.8. The molecular weight excluding hydrogens is 618 g/mol. The van der Waals surface area contributed by atoms with E-state index in [-0.39, 0.29) is 37.7 Å². The summed E-state index contributed by atoms with van der Waals surface area (Å²) in [4.78, 5) is 29.2. The van der Waals surface area contributed by atoms with Crippen molar-refractivity contribution < 1.29 is 22.7 Å². The van der Waals surface area contributed by atoms with E-state index in [2.05, 4.69) is 21.2 Å². The van der Waals surface area contributed by atoms with Crippen LogP contribution in [0.5, 0.6) is 5.75 Å². The summed E-state index contributed by atoms with van der Waals surface area (Å²) in [7, 11) is -2.06. The van der Waals surface area contributed by atoms with Gasteiger partial charge < -0.3 is 15.0 Å². The number of ether oxygens (including phenoxy) is 1. The van der Waals surface area contributed by atoms with Crippen molar-refractivity contribution in [2.75, 3.05) is 24.2 Å². The molecular formula is C32H40BrN3O5S. The van der Waals surface area contributed by atoms with Crippen LogP contribution in [0.4, 0.5) is 5.69 Å². The molecule has 0 aliphatic rings. The van der Waals surface area contributed by atoms with Crippen LogP contribution in [0.15, 0.2) is 83.3 Å². The Morgan fingerprint density at radius 1 is 0.929 bits per heavy atom. The third-order valence-corrected chi connectivity index (χ3v) is 8.27. The molecule has 1 atom stereocenters. The number of amides is 2. The number of methoxy groups -OCH3 is 1. The van der Waals surface area contributed by atoms with Gasteiger partial charge in [-0.3, -0.25) is 13.9 Å². The molecule has 0 bridgehead atoms. The lowest BCUT2D eigenvalue weighted by Gasteiger charge is -2.34. The fourth-order valence-electron chi connectivity index (χ4n) is 4.55. The molecule has 10 heteroatoms. The standard InChI is InChI=1S/C32H40BrN3O5S/c1-32(2,3)34-31(38)29(22-24-10-7-6-8-11-24)35(23-25-13-15-26(33)16-14-25)30(37)12-9-21-36(42(5,39)40)27-17-19-28(41-4)20-18-27/h6-8,10-11,13-20,29H,9,12,21-23H2,1-5H3,(H,34,38)/t29-/m1/s1. The molecule has 8 nitrogen and oxygen atoms in total. The molecule has 0 spiro atoms. The first-order valence-corrected chi connectivity index (χ1v) is 16.4. The minimum absolute atomic E-state index is 0.0623. The molecule has 1 N–H and O–H groups in total. The van der Waals surface area contributed by atoms with Gasteiger partial charge in [-0.1, -0.05) is 58.4 Å². The van der Waals surface area contributed by atoms with Gasteiger partial charge in [-0.25, -0.2) is 8.42 Å². The van der Waals surface area contributed by atoms with Crippen LogP contribution in [0.2, 0.25) is 0 Å². The second kappa shape index (κ2) is 14.7. The maximum Gasteiger partial charge on any atom is 0.243 e. The summed E-state index contributed by atoms with van der Waals surface area (Å²) in [6, 6.07) is 23.2. The van der Waals surface area contributed by atoms with Gasteiger partial charge in [-0.05, 0) is 74.7 Å². The van der Waals surface area contributed by atoms with E-state index in [1.807, 2.05) is 75.4 Å². The van der Waals surface area contributed by atoms with Crippen LogP contribution in [-0.4, -0.2) is 56.6 Å². The van der Waals surface area contributed by atoms with Gasteiger partial charge in [0.15, 0.2) is 0 Å². The Bertz CT molecular complexity index is 1420. The van der Waals surface area contributed by atoms with Gasteiger partial charge >= 0.3 is 0 Å². The highest BCUT2D eigenvalue weighted by Gasteiger charge is 2.32. The molecule has 2 amide bonds. The van der Waals surface area contributed by atoms with Crippen molar-refractivity contribution >= 4 is 43.5 Å². The molecule has 0 aliphatic carbocycles. The van der Waals surface area contributed by atoms with Crippen molar-refractivity contribution in [1.29, 1.82) is 0 Å². The van der Waals surface area contributed by atoms with E-state index in [0.29, 0.717) is 17.9 Å². The second-order valence-corrected chi connectivity index (χ2v) is 14.1. The third kappa shape index (κ3) is 10.2. The quantitative estimate of drug-likeness (QED) is 0.260. The van der Waals surface area contributed by atoms with Crippen LogP contribution in [0, 0.1) is 0 Å². The van der Waals surface area contributed by atoms with Crippen LogP contribution in [0.3, 0.4) is 0 Å². The summed E-state index contributed by atoms with van der Waals surface area (Å²) in [5.41, 5.74) is 1.81. The highest BCUT2D eigenvalue weighted by atomic mass is 79.9. The number of carbonyl (C=O) groups is 2. The molecule has 0 unspecified atom stereocenters. The third-order valence-electron chi connectivity index (χ3n) is 6.55. The molecule has 0 saturated heterocycles. The number of halogens is 1. The lowest BCUT2D eigenvalue weighted by molar-refractivity contribution is -0.142. The average molecular weight is 659 g/mol. The van der Waals surface area contributed by atoms with Crippen molar-refractivity contribution in [2.45, 2.75) is 58.2 Å². The number of carbonyl (C=O) groups excluding carboxylic acids is 2. The number of anilines is 1. The monoisotopic (exact) mass is 657 g/mol. The minimum atomic E-state index is -3.60. The van der Waals surface area contributed by atoms with Gasteiger partial charge in [0.1, 0.15) is 11.8 Å². The fraction of sp³-hybridized carbons (Fsp3) is 0.375. The summed E-state index contributed by atoms with van der Waals surface area (Å²) in [6.45, 7) is 6.06. The number of rotatable bonds is 13. The van der Waals surface area contributed by atoms with E-state index >= 15 is 0 Å². The first kappa shape index (κ1) is 33.1. The smallest absolute Gasteiger partial charge is 0.243 e. The first-order valence-electron chi connectivity index (χ1n) is 13.8. The van der Waals surface area contributed by atoms with E-state index in [1.54, 1.807) is 36.3 Å². The van der Waals surface area contributed by atoms with Crippen LogP contribution in [-0.2, 0) is 32.6 Å². The maximum atomic E-state index is 13.9. The van der Waals surface area contributed by atoms with E-state index in [1.165, 1.54) is 4.31 Å². The molecule has 3 aromatic rings. The molecule has 0 saturated carbocycles. The normalized spacial score (nSPS) is 12.3. The molecule has 0 fully saturated rings. The Kier molecular flexibility index (Phi) is 11.6. The average Bonchev–Trinajstić information content (AvgIpc) is 2.93. The number of nitrogens with zero attached hydrogens (tertiary/aromatic N) is 2. The van der Waals surface area contributed by atoms with Gasteiger partial charge in [0.05, 0.1) is 19.1 Å². The van der Waals surface area contributed by atoms with Gasteiger partial charge in [-0.15, -0.1) is 0 Å². The van der Waals surface area contributed by atoms with Gasteiger partial charge in [0.25, 0.3) is 0 Å². The largest absolute Gasteiger partial charge is 0.497 e. The Hall–Kier alpha value is -3.37. The number of sulfonamides is 1.